The standard InChI is InChI=1S/C14H26N2O3/c1-10(2)12-7-8-16(9-12)14(19)15-11(3)5-4-6-13(17)18/h10-12H,4-9H2,1-3H3,(H,15,19)(H,17,18). The van der Waals surface area contributed by atoms with Crippen LogP contribution in [0.3, 0.4) is 0 Å². The van der Waals surface area contributed by atoms with Gasteiger partial charge in [0.15, 0.2) is 0 Å². The van der Waals surface area contributed by atoms with Gasteiger partial charge in [0.2, 0.25) is 0 Å². The van der Waals surface area contributed by atoms with Gasteiger partial charge in [0.25, 0.3) is 0 Å². The fraction of sp³-hybridized carbons (Fsp3) is 0.857. The Labute approximate surface area is 115 Å². The number of hydrogen-bond donors (Lipinski definition) is 2. The van der Waals surface area contributed by atoms with Crippen LogP contribution in [-0.4, -0.2) is 41.1 Å². The lowest BCUT2D eigenvalue weighted by molar-refractivity contribution is -0.137. The summed E-state index contributed by atoms with van der Waals surface area (Å²) in [4.78, 5) is 24.3. The molecule has 1 fully saturated rings. The highest BCUT2D eigenvalue weighted by Crippen LogP contribution is 2.23. The molecule has 0 aromatic rings. The van der Waals surface area contributed by atoms with E-state index in [1.54, 1.807) is 0 Å². The van der Waals surface area contributed by atoms with Gasteiger partial charge in [-0.05, 0) is 38.0 Å². The van der Waals surface area contributed by atoms with Gasteiger partial charge in [0, 0.05) is 25.6 Å². The van der Waals surface area contributed by atoms with Crippen molar-refractivity contribution in [3.05, 3.63) is 0 Å². The first-order valence-electron chi connectivity index (χ1n) is 7.17. The molecule has 0 aromatic heterocycles. The van der Waals surface area contributed by atoms with E-state index < -0.39 is 5.97 Å². The van der Waals surface area contributed by atoms with Crippen LogP contribution in [0.4, 0.5) is 4.79 Å². The summed E-state index contributed by atoms with van der Waals surface area (Å²) in [5.74, 6) is 0.441. The lowest BCUT2D eigenvalue weighted by Crippen LogP contribution is -2.43. The highest BCUT2D eigenvalue weighted by atomic mass is 16.4. The summed E-state index contributed by atoms with van der Waals surface area (Å²) < 4.78 is 0. The van der Waals surface area contributed by atoms with Crippen molar-refractivity contribution in [2.24, 2.45) is 11.8 Å². The van der Waals surface area contributed by atoms with E-state index in [2.05, 4.69) is 19.2 Å². The van der Waals surface area contributed by atoms with Crippen molar-refractivity contribution in [3.8, 4) is 0 Å². The zero-order chi connectivity index (χ0) is 14.4. The van der Waals surface area contributed by atoms with E-state index in [1.165, 1.54) is 0 Å². The molecule has 1 aliphatic heterocycles. The second kappa shape index (κ2) is 7.36. The summed E-state index contributed by atoms with van der Waals surface area (Å²) >= 11 is 0. The normalized spacial score (nSPS) is 20.6. The smallest absolute Gasteiger partial charge is 0.317 e. The summed E-state index contributed by atoms with van der Waals surface area (Å²) in [7, 11) is 0. The first-order valence-corrected chi connectivity index (χ1v) is 7.17. The van der Waals surface area contributed by atoms with Gasteiger partial charge in [-0.2, -0.15) is 0 Å². The number of carbonyl (C=O) groups is 2. The van der Waals surface area contributed by atoms with E-state index in [-0.39, 0.29) is 18.5 Å². The van der Waals surface area contributed by atoms with Gasteiger partial charge in [-0.3, -0.25) is 4.79 Å². The van der Waals surface area contributed by atoms with E-state index >= 15 is 0 Å². The average Bonchev–Trinajstić information content (AvgIpc) is 2.77. The Morgan fingerprint density at radius 3 is 2.58 bits per heavy atom. The summed E-state index contributed by atoms with van der Waals surface area (Å²) in [6.45, 7) is 7.98. The average molecular weight is 270 g/mol. The first-order chi connectivity index (χ1) is 8.90. The van der Waals surface area contributed by atoms with Gasteiger partial charge >= 0.3 is 12.0 Å². The second-order valence-corrected chi connectivity index (χ2v) is 5.88. The van der Waals surface area contributed by atoms with Crippen LogP contribution in [0, 0.1) is 11.8 Å². The van der Waals surface area contributed by atoms with Gasteiger partial charge in [-0.1, -0.05) is 13.8 Å². The fourth-order valence-corrected chi connectivity index (χ4v) is 2.45. The third-order valence-corrected chi connectivity index (χ3v) is 3.85. The number of nitrogens with zero attached hydrogens (tertiary/aromatic N) is 1. The number of hydrogen-bond acceptors (Lipinski definition) is 2. The number of carboxylic acid groups (broad SMARTS) is 1. The molecular weight excluding hydrogens is 244 g/mol. The molecule has 2 N–H and O–H groups in total. The Morgan fingerprint density at radius 1 is 1.37 bits per heavy atom. The molecule has 2 amide bonds. The van der Waals surface area contributed by atoms with Gasteiger partial charge in [0.05, 0.1) is 0 Å². The van der Waals surface area contributed by atoms with E-state index in [4.69, 9.17) is 5.11 Å². The summed E-state index contributed by atoms with van der Waals surface area (Å²) in [6.07, 6.45) is 2.56. The van der Waals surface area contributed by atoms with Gasteiger partial charge in [0.1, 0.15) is 0 Å². The number of aliphatic carboxylic acids is 1. The Balaban J connectivity index is 2.25. The van der Waals surface area contributed by atoms with Crippen LogP contribution in [0.5, 0.6) is 0 Å². The molecule has 0 bridgehead atoms. The molecule has 19 heavy (non-hydrogen) atoms. The molecular formula is C14H26N2O3. The lowest BCUT2D eigenvalue weighted by atomic mass is 9.95. The molecule has 2 atom stereocenters. The predicted molar refractivity (Wildman–Crippen MR) is 74.0 cm³/mol. The molecule has 5 heteroatoms. The monoisotopic (exact) mass is 270 g/mol. The van der Waals surface area contributed by atoms with Crippen molar-refractivity contribution < 1.29 is 14.7 Å². The van der Waals surface area contributed by atoms with Crippen molar-refractivity contribution in [2.75, 3.05) is 13.1 Å². The SMILES string of the molecule is CC(CCCC(=O)O)NC(=O)N1CCC(C(C)C)C1. The van der Waals surface area contributed by atoms with Crippen molar-refractivity contribution in [1.29, 1.82) is 0 Å². The largest absolute Gasteiger partial charge is 0.481 e. The van der Waals surface area contributed by atoms with Crippen molar-refractivity contribution in [2.45, 2.75) is 52.5 Å². The van der Waals surface area contributed by atoms with E-state index in [0.29, 0.717) is 24.7 Å². The van der Waals surface area contributed by atoms with Crippen LogP contribution in [0.25, 0.3) is 0 Å². The summed E-state index contributed by atoms with van der Waals surface area (Å²) in [5.41, 5.74) is 0. The third-order valence-electron chi connectivity index (χ3n) is 3.85. The Hall–Kier alpha value is -1.26. The summed E-state index contributed by atoms with van der Waals surface area (Å²) in [5, 5.41) is 11.5. The molecule has 1 rings (SSSR count). The fourth-order valence-electron chi connectivity index (χ4n) is 2.45. The zero-order valence-electron chi connectivity index (χ0n) is 12.2. The van der Waals surface area contributed by atoms with Crippen molar-refractivity contribution in [3.63, 3.8) is 0 Å². The third kappa shape index (κ3) is 5.49. The predicted octanol–water partition coefficient (Wildman–Crippen LogP) is 2.32. The number of carbonyl (C=O) groups excluding carboxylic acids is 1. The zero-order valence-corrected chi connectivity index (χ0v) is 12.2. The quantitative estimate of drug-likeness (QED) is 0.778. The minimum Gasteiger partial charge on any atom is -0.481 e. The Kier molecular flexibility index (Phi) is 6.12. The second-order valence-electron chi connectivity index (χ2n) is 5.88. The molecule has 2 unspecified atom stereocenters. The van der Waals surface area contributed by atoms with Crippen LogP contribution in [-0.2, 0) is 4.79 Å². The molecule has 1 heterocycles. The lowest BCUT2D eigenvalue weighted by Gasteiger charge is -2.21. The van der Waals surface area contributed by atoms with Gasteiger partial charge < -0.3 is 15.3 Å². The van der Waals surface area contributed by atoms with Gasteiger partial charge in [-0.15, -0.1) is 0 Å². The number of amides is 2. The maximum atomic E-state index is 12.0. The molecule has 5 nitrogen and oxygen atoms in total. The molecule has 110 valence electrons. The highest BCUT2D eigenvalue weighted by molar-refractivity contribution is 5.74. The van der Waals surface area contributed by atoms with Gasteiger partial charge in [-0.25, -0.2) is 4.79 Å². The van der Waals surface area contributed by atoms with Crippen molar-refractivity contribution in [1.82, 2.24) is 10.2 Å². The maximum absolute atomic E-state index is 12.0. The van der Waals surface area contributed by atoms with E-state index in [0.717, 1.165) is 19.5 Å². The molecule has 1 saturated heterocycles. The number of nitrogens with one attached hydrogen (secondary N) is 1. The van der Waals surface area contributed by atoms with E-state index in [9.17, 15) is 9.59 Å². The number of carboxylic acids is 1. The minimum atomic E-state index is -0.780. The van der Waals surface area contributed by atoms with Crippen LogP contribution in [0.2, 0.25) is 0 Å². The first kappa shape index (κ1) is 15.8. The van der Waals surface area contributed by atoms with Crippen LogP contribution >= 0.6 is 0 Å². The molecule has 0 aliphatic carbocycles. The van der Waals surface area contributed by atoms with E-state index in [1.807, 2.05) is 11.8 Å². The topological polar surface area (TPSA) is 69.6 Å². The molecule has 0 aromatic carbocycles. The molecule has 1 aliphatic rings. The highest BCUT2D eigenvalue weighted by Gasteiger charge is 2.28. The van der Waals surface area contributed by atoms with Crippen LogP contribution in [0.15, 0.2) is 0 Å². The minimum absolute atomic E-state index is 0.00836. The van der Waals surface area contributed by atoms with Crippen LogP contribution < -0.4 is 5.32 Å². The molecule has 0 saturated carbocycles. The molecule has 0 radical (unpaired) electrons. The number of rotatable bonds is 6. The Bertz CT molecular complexity index is 318. The number of urea groups is 1. The Morgan fingerprint density at radius 2 is 2.05 bits per heavy atom. The van der Waals surface area contributed by atoms with Crippen LogP contribution in [0.1, 0.15) is 46.5 Å². The summed E-state index contributed by atoms with van der Waals surface area (Å²) in [6, 6.07) is 0.0240. The number of likely N-dealkylation sites (tertiary alicyclic amines) is 1. The molecule has 0 spiro atoms. The van der Waals surface area contributed by atoms with Crippen molar-refractivity contribution >= 4 is 12.0 Å². The maximum Gasteiger partial charge on any atom is 0.317 e.